The average molecular weight is 378 g/mol. The molecular formula is C20H19FN6O. The number of aromatic nitrogens is 4. The van der Waals surface area contributed by atoms with Gasteiger partial charge in [-0.2, -0.15) is 4.52 Å². The molecule has 0 saturated carbocycles. The molecule has 8 heteroatoms. The first kappa shape index (κ1) is 17.9. The topological polar surface area (TPSA) is 66.6 Å². The Bertz CT molecular complexity index is 1070. The highest BCUT2D eigenvalue weighted by Crippen LogP contribution is 2.16. The highest BCUT2D eigenvalue weighted by molar-refractivity contribution is 5.79. The minimum absolute atomic E-state index is 0.0314. The summed E-state index contributed by atoms with van der Waals surface area (Å²) in [7, 11) is 0. The monoisotopic (exact) mass is 378 g/mol. The van der Waals surface area contributed by atoms with Crippen molar-refractivity contribution in [3.8, 4) is 11.8 Å². The summed E-state index contributed by atoms with van der Waals surface area (Å²) in [5, 5.41) is 12.3. The second kappa shape index (κ2) is 7.64. The maximum atomic E-state index is 13.7. The van der Waals surface area contributed by atoms with Crippen LogP contribution in [-0.2, 0) is 11.2 Å². The summed E-state index contributed by atoms with van der Waals surface area (Å²) in [6, 6.07) is 8.45. The molecule has 0 radical (unpaired) electrons. The SMILES string of the molecule is CC#Cc1cc(CC(=O)N2CCN(c3ccc4nncn4n3)CC2)ccc1F. The Hall–Kier alpha value is -3.47. The summed E-state index contributed by atoms with van der Waals surface area (Å²) in [5.74, 6) is 5.92. The van der Waals surface area contributed by atoms with Crippen molar-refractivity contribution in [2.24, 2.45) is 0 Å². The highest BCUT2D eigenvalue weighted by Gasteiger charge is 2.22. The minimum atomic E-state index is -0.364. The largest absolute Gasteiger partial charge is 0.352 e. The molecule has 142 valence electrons. The molecular weight excluding hydrogens is 359 g/mol. The summed E-state index contributed by atoms with van der Waals surface area (Å²) >= 11 is 0. The molecule has 3 heterocycles. The van der Waals surface area contributed by atoms with Crippen molar-refractivity contribution in [1.82, 2.24) is 24.7 Å². The molecule has 28 heavy (non-hydrogen) atoms. The van der Waals surface area contributed by atoms with E-state index in [4.69, 9.17) is 0 Å². The van der Waals surface area contributed by atoms with Crippen LogP contribution in [0, 0.1) is 17.7 Å². The van der Waals surface area contributed by atoms with Gasteiger partial charge < -0.3 is 9.80 Å². The smallest absolute Gasteiger partial charge is 0.227 e. The van der Waals surface area contributed by atoms with Gasteiger partial charge in [-0.15, -0.1) is 21.2 Å². The summed E-state index contributed by atoms with van der Waals surface area (Å²) in [4.78, 5) is 16.6. The van der Waals surface area contributed by atoms with Gasteiger partial charge in [-0.3, -0.25) is 4.79 Å². The van der Waals surface area contributed by atoms with Gasteiger partial charge in [0.15, 0.2) is 5.65 Å². The van der Waals surface area contributed by atoms with Crippen molar-refractivity contribution >= 4 is 17.4 Å². The predicted molar refractivity (Wildman–Crippen MR) is 102 cm³/mol. The van der Waals surface area contributed by atoms with E-state index in [1.807, 2.05) is 17.0 Å². The van der Waals surface area contributed by atoms with E-state index in [2.05, 4.69) is 32.0 Å². The Kier molecular flexibility index (Phi) is 4.89. The first-order valence-electron chi connectivity index (χ1n) is 9.05. The second-order valence-electron chi connectivity index (χ2n) is 6.56. The van der Waals surface area contributed by atoms with E-state index >= 15 is 0 Å². The fourth-order valence-corrected chi connectivity index (χ4v) is 3.27. The molecule has 1 aliphatic rings. The van der Waals surface area contributed by atoms with Crippen LogP contribution in [0.3, 0.4) is 0 Å². The number of anilines is 1. The van der Waals surface area contributed by atoms with Gasteiger partial charge in [-0.05, 0) is 36.8 Å². The lowest BCUT2D eigenvalue weighted by Crippen LogP contribution is -2.49. The molecule has 0 atom stereocenters. The molecule has 3 aromatic rings. The van der Waals surface area contributed by atoms with E-state index in [1.54, 1.807) is 29.9 Å². The lowest BCUT2D eigenvalue weighted by atomic mass is 10.1. The predicted octanol–water partition coefficient (Wildman–Crippen LogP) is 1.53. The number of hydrogen-bond donors (Lipinski definition) is 0. The van der Waals surface area contributed by atoms with Crippen molar-refractivity contribution in [2.75, 3.05) is 31.1 Å². The van der Waals surface area contributed by atoms with Crippen LogP contribution in [0.4, 0.5) is 10.2 Å². The zero-order chi connectivity index (χ0) is 19.5. The third-order valence-electron chi connectivity index (χ3n) is 4.75. The van der Waals surface area contributed by atoms with E-state index in [0.29, 0.717) is 37.4 Å². The number of piperazine rings is 1. The van der Waals surface area contributed by atoms with Crippen molar-refractivity contribution in [3.63, 3.8) is 0 Å². The molecule has 1 aliphatic heterocycles. The Morgan fingerprint density at radius 2 is 2.00 bits per heavy atom. The van der Waals surface area contributed by atoms with Gasteiger partial charge in [0.25, 0.3) is 0 Å². The van der Waals surface area contributed by atoms with Crippen molar-refractivity contribution < 1.29 is 9.18 Å². The van der Waals surface area contributed by atoms with Crippen LogP contribution in [0.2, 0.25) is 0 Å². The maximum Gasteiger partial charge on any atom is 0.227 e. The number of carbonyl (C=O) groups is 1. The first-order chi connectivity index (χ1) is 13.6. The lowest BCUT2D eigenvalue weighted by Gasteiger charge is -2.35. The first-order valence-corrected chi connectivity index (χ1v) is 9.05. The molecule has 0 N–H and O–H groups in total. The Morgan fingerprint density at radius 1 is 1.18 bits per heavy atom. The fraction of sp³-hybridized carbons (Fsp3) is 0.300. The molecule has 0 bridgehead atoms. The Balaban J connectivity index is 1.38. The third kappa shape index (κ3) is 3.64. The highest BCUT2D eigenvalue weighted by atomic mass is 19.1. The van der Waals surface area contributed by atoms with E-state index < -0.39 is 0 Å². The van der Waals surface area contributed by atoms with Gasteiger partial charge in [0.1, 0.15) is 18.0 Å². The van der Waals surface area contributed by atoms with E-state index in [9.17, 15) is 9.18 Å². The summed E-state index contributed by atoms with van der Waals surface area (Å²) in [6.45, 7) is 4.28. The number of nitrogens with zero attached hydrogens (tertiary/aromatic N) is 6. The number of carbonyl (C=O) groups excluding carboxylic acids is 1. The van der Waals surface area contributed by atoms with Crippen LogP contribution in [0.25, 0.3) is 5.65 Å². The van der Waals surface area contributed by atoms with Gasteiger partial charge in [-0.25, -0.2) is 4.39 Å². The quantitative estimate of drug-likeness (QED) is 0.647. The molecule has 2 aromatic heterocycles. The maximum absolute atomic E-state index is 13.7. The van der Waals surface area contributed by atoms with Crippen molar-refractivity contribution in [2.45, 2.75) is 13.3 Å². The third-order valence-corrected chi connectivity index (χ3v) is 4.75. The van der Waals surface area contributed by atoms with Gasteiger partial charge in [-0.1, -0.05) is 12.0 Å². The molecule has 1 saturated heterocycles. The van der Waals surface area contributed by atoms with Crippen LogP contribution in [0.1, 0.15) is 18.1 Å². The van der Waals surface area contributed by atoms with Crippen LogP contribution in [0.5, 0.6) is 0 Å². The minimum Gasteiger partial charge on any atom is -0.352 e. The summed E-state index contributed by atoms with van der Waals surface area (Å²) < 4.78 is 15.3. The van der Waals surface area contributed by atoms with Crippen LogP contribution in [0.15, 0.2) is 36.7 Å². The lowest BCUT2D eigenvalue weighted by molar-refractivity contribution is -0.130. The molecule has 1 amide bonds. The summed E-state index contributed by atoms with van der Waals surface area (Å²) in [5.41, 5.74) is 1.79. The zero-order valence-corrected chi connectivity index (χ0v) is 15.5. The molecule has 1 aromatic carbocycles. The van der Waals surface area contributed by atoms with Crippen molar-refractivity contribution in [1.29, 1.82) is 0 Å². The van der Waals surface area contributed by atoms with Crippen molar-refractivity contribution in [3.05, 3.63) is 53.6 Å². The molecule has 1 fully saturated rings. The fourth-order valence-electron chi connectivity index (χ4n) is 3.27. The molecule has 0 unspecified atom stereocenters. The number of amides is 1. The normalized spacial score (nSPS) is 14.1. The van der Waals surface area contributed by atoms with Gasteiger partial charge in [0.2, 0.25) is 5.91 Å². The Morgan fingerprint density at radius 3 is 2.79 bits per heavy atom. The number of rotatable bonds is 3. The van der Waals surface area contributed by atoms with E-state index in [-0.39, 0.29) is 18.1 Å². The molecule has 4 rings (SSSR count). The molecule has 0 spiro atoms. The Labute approximate surface area is 161 Å². The number of benzene rings is 1. The summed E-state index contributed by atoms with van der Waals surface area (Å²) in [6.07, 6.45) is 1.81. The number of halogens is 1. The van der Waals surface area contributed by atoms with Gasteiger partial charge in [0.05, 0.1) is 12.0 Å². The number of fused-ring (bicyclic) bond motifs is 1. The zero-order valence-electron chi connectivity index (χ0n) is 15.5. The molecule has 7 nitrogen and oxygen atoms in total. The van der Waals surface area contributed by atoms with E-state index in [0.717, 1.165) is 11.4 Å². The standard InChI is InChI=1S/C20H19FN6O/c1-2-3-16-12-15(4-5-17(16)21)13-20(28)26-10-8-25(9-11-26)19-7-6-18-23-22-14-27(18)24-19/h4-7,12,14H,8-11,13H2,1H3. The molecule has 0 aliphatic carbocycles. The number of hydrogen-bond acceptors (Lipinski definition) is 5. The van der Waals surface area contributed by atoms with Crippen LogP contribution >= 0.6 is 0 Å². The van der Waals surface area contributed by atoms with Crippen LogP contribution < -0.4 is 4.90 Å². The van der Waals surface area contributed by atoms with Gasteiger partial charge in [0, 0.05) is 26.2 Å². The van der Waals surface area contributed by atoms with Gasteiger partial charge >= 0.3 is 0 Å². The average Bonchev–Trinajstić information content (AvgIpc) is 3.18. The van der Waals surface area contributed by atoms with E-state index in [1.165, 1.54) is 6.07 Å². The second-order valence-corrected chi connectivity index (χ2v) is 6.56. The van der Waals surface area contributed by atoms with Crippen LogP contribution in [-0.4, -0.2) is 56.8 Å².